The van der Waals surface area contributed by atoms with Crippen molar-refractivity contribution in [3.05, 3.63) is 33.8 Å². The van der Waals surface area contributed by atoms with E-state index in [-0.39, 0.29) is 11.9 Å². The molecule has 5 heteroatoms. The number of ether oxygens (including phenoxy) is 1. The SMILES string of the molecule is Cc1ccc(CNC(C)C(=O)N2CCOCC2)cc1Br. The Kier molecular flexibility index (Phi) is 5.57. The molecule has 0 radical (unpaired) electrons. The third-order valence-electron chi connectivity index (χ3n) is 3.54. The van der Waals surface area contributed by atoms with Crippen molar-refractivity contribution in [2.75, 3.05) is 26.3 Å². The van der Waals surface area contributed by atoms with Gasteiger partial charge >= 0.3 is 0 Å². The van der Waals surface area contributed by atoms with Crippen molar-refractivity contribution in [2.45, 2.75) is 26.4 Å². The second kappa shape index (κ2) is 7.20. The Bertz CT molecular complexity index is 473. The van der Waals surface area contributed by atoms with Crippen LogP contribution in [0.1, 0.15) is 18.1 Å². The van der Waals surface area contributed by atoms with Gasteiger partial charge in [0.25, 0.3) is 0 Å². The molecule has 1 heterocycles. The Labute approximate surface area is 128 Å². The van der Waals surface area contributed by atoms with Crippen LogP contribution in [0, 0.1) is 6.92 Å². The van der Waals surface area contributed by atoms with Crippen molar-refractivity contribution in [1.29, 1.82) is 0 Å². The highest BCUT2D eigenvalue weighted by Gasteiger charge is 2.21. The maximum absolute atomic E-state index is 12.2. The van der Waals surface area contributed by atoms with E-state index in [2.05, 4.69) is 46.4 Å². The highest BCUT2D eigenvalue weighted by atomic mass is 79.9. The Balaban J connectivity index is 1.85. The summed E-state index contributed by atoms with van der Waals surface area (Å²) in [6.07, 6.45) is 0. The van der Waals surface area contributed by atoms with Gasteiger partial charge in [-0.3, -0.25) is 4.79 Å². The minimum absolute atomic E-state index is 0.152. The summed E-state index contributed by atoms with van der Waals surface area (Å²) in [6.45, 7) is 7.34. The summed E-state index contributed by atoms with van der Waals surface area (Å²) in [5.41, 5.74) is 2.38. The Morgan fingerprint density at radius 3 is 2.80 bits per heavy atom. The predicted octanol–water partition coefficient (Wildman–Crippen LogP) is 2.09. The molecule has 1 aliphatic rings. The normalized spacial score (nSPS) is 17.1. The summed E-state index contributed by atoms with van der Waals surface area (Å²) in [7, 11) is 0. The smallest absolute Gasteiger partial charge is 0.239 e. The average Bonchev–Trinajstić information content (AvgIpc) is 2.48. The second-order valence-electron chi connectivity index (χ2n) is 5.12. The minimum Gasteiger partial charge on any atom is -0.378 e. The number of carbonyl (C=O) groups is 1. The summed E-state index contributed by atoms with van der Waals surface area (Å²) in [5.74, 6) is 0.152. The zero-order valence-electron chi connectivity index (χ0n) is 12.0. The van der Waals surface area contributed by atoms with E-state index in [1.807, 2.05) is 11.8 Å². The molecule has 20 heavy (non-hydrogen) atoms. The van der Waals surface area contributed by atoms with E-state index < -0.39 is 0 Å². The number of carbonyl (C=O) groups excluding carboxylic acids is 1. The van der Waals surface area contributed by atoms with Gasteiger partial charge in [0.1, 0.15) is 0 Å². The quantitative estimate of drug-likeness (QED) is 0.912. The summed E-state index contributed by atoms with van der Waals surface area (Å²) in [4.78, 5) is 14.1. The second-order valence-corrected chi connectivity index (χ2v) is 5.98. The molecule has 1 N–H and O–H groups in total. The highest BCUT2D eigenvalue weighted by Crippen LogP contribution is 2.17. The molecule has 1 atom stereocenters. The van der Waals surface area contributed by atoms with Crippen LogP contribution in [0.3, 0.4) is 0 Å². The van der Waals surface area contributed by atoms with Crippen molar-refractivity contribution < 1.29 is 9.53 Å². The monoisotopic (exact) mass is 340 g/mol. The van der Waals surface area contributed by atoms with Gasteiger partial charge in [0, 0.05) is 24.1 Å². The average molecular weight is 341 g/mol. The lowest BCUT2D eigenvalue weighted by atomic mass is 10.1. The number of hydrogen-bond donors (Lipinski definition) is 1. The summed E-state index contributed by atoms with van der Waals surface area (Å²) in [5, 5.41) is 3.29. The molecular formula is C15H21BrN2O2. The van der Waals surface area contributed by atoms with Crippen LogP contribution in [0.25, 0.3) is 0 Å². The molecule has 0 aromatic heterocycles. The molecule has 1 unspecified atom stereocenters. The van der Waals surface area contributed by atoms with Crippen LogP contribution in [0.5, 0.6) is 0 Å². The first kappa shape index (κ1) is 15.5. The molecule has 0 saturated carbocycles. The van der Waals surface area contributed by atoms with Crippen molar-refractivity contribution in [3.8, 4) is 0 Å². The van der Waals surface area contributed by atoms with Gasteiger partial charge in [-0.2, -0.15) is 0 Å². The van der Waals surface area contributed by atoms with Gasteiger partial charge in [-0.15, -0.1) is 0 Å². The van der Waals surface area contributed by atoms with E-state index in [1.165, 1.54) is 11.1 Å². The van der Waals surface area contributed by atoms with Crippen LogP contribution in [0.4, 0.5) is 0 Å². The van der Waals surface area contributed by atoms with E-state index in [9.17, 15) is 4.79 Å². The predicted molar refractivity (Wildman–Crippen MR) is 82.6 cm³/mol. The number of aryl methyl sites for hydroxylation is 1. The zero-order valence-corrected chi connectivity index (χ0v) is 13.6. The maximum Gasteiger partial charge on any atom is 0.239 e. The van der Waals surface area contributed by atoms with Crippen LogP contribution in [-0.2, 0) is 16.1 Å². The lowest BCUT2D eigenvalue weighted by molar-refractivity contribution is -0.137. The molecule has 1 amide bonds. The molecule has 4 nitrogen and oxygen atoms in total. The number of benzene rings is 1. The third-order valence-corrected chi connectivity index (χ3v) is 4.40. The van der Waals surface area contributed by atoms with Crippen LogP contribution in [-0.4, -0.2) is 43.2 Å². The number of halogens is 1. The standard InChI is InChI=1S/C15H21BrN2O2/c1-11-3-4-13(9-14(11)16)10-17-12(2)15(19)18-5-7-20-8-6-18/h3-4,9,12,17H,5-8,10H2,1-2H3. The Morgan fingerprint density at radius 1 is 1.45 bits per heavy atom. The molecule has 0 spiro atoms. The molecule has 1 fully saturated rings. The topological polar surface area (TPSA) is 41.6 Å². The van der Waals surface area contributed by atoms with E-state index in [0.717, 1.165) is 4.47 Å². The third kappa shape index (κ3) is 4.04. The van der Waals surface area contributed by atoms with Crippen molar-refractivity contribution in [2.24, 2.45) is 0 Å². The molecule has 110 valence electrons. The summed E-state index contributed by atoms with van der Waals surface area (Å²) >= 11 is 3.53. The van der Waals surface area contributed by atoms with Gasteiger partial charge in [0.2, 0.25) is 5.91 Å². The van der Waals surface area contributed by atoms with Gasteiger partial charge in [-0.25, -0.2) is 0 Å². The van der Waals surface area contributed by atoms with Crippen LogP contribution in [0.2, 0.25) is 0 Å². The summed E-state index contributed by atoms with van der Waals surface area (Å²) in [6, 6.07) is 6.08. The Morgan fingerprint density at radius 2 is 2.15 bits per heavy atom. The fourth-order valence-corrected chi connectivity index (χ4v) is 2.59. The molecule has 0 bridgehead atoms. The van der Waals surface area contributed by atoms with Crippen LogP contribution < -0.4 is 5.32 Å². The van der Waals surface area contributed by atoms with E-state index in [0.29, 0.717) is 32.8 Å². The van der Waals surface area contributed by atoms with Crippen molar-refractivity contribution in [3.63, 3.8) is 0 Å². The highest BCUT2D eigenvalue weighted by molar-refractivity contribution is 9.10. The van der Waals surface area contributed by atoms with E-state index >= 15 is 0 Å². The van der Waals surface area contributed by atoms with E-state index in [4.69, 9.17) is 4.74 Å². The number of amides is 1. The lowest BCUT2D eigenvalue weighted by Gasteiger charge is -2.29. The molecule has 1 aromatic rings. The first-order valence-corrected chi connectivity index (χ1v) is 7.72. The van der Waals surface area contributed by atoms with E-state index in [1.54, 1.807) is 0 Å². The fourth-order valence-electron chi connectivity index (χ4n) is 2.16. The number of rotatable bonds is 4. The van der Waals surface area contributed by atoms with Crippen LogP contribution in [0.15, 0.2) is 22.7 Å². The van der Waals surface area contributed by atoms with Crippen molar-refractivity contribution in [1.82, 2.24) is 10.2 Å². The first-order chi connectivity index (χ1) is 9.58. The summed E-state index contributed by atoms with van der Waals surface area (Å²) < 4.78 is 6.36. The first-order valence-electron chi connectivity index (χ1n) is 6.93. The van der Waals surface area contributed by atoms with Crippen LogP contribution >= 0.6 is 15.9 Å². The zero-order chi connectivity index (χ0) is 14.5. The van der Waals surface area contributed by atoms with Gasteiger partial charge in [0.05, 0.1) is 19.3 Å². The number of morpholine rings is 1. The number of nitrogens with zero attached hydrogens (tertiary/aromatic N) is 1. The van der Waals surface area contributed by atoms with Gasteiger partial charge in [-0.1, -0.05) is 28.1 Å². The van der Waals surface area contributed by atoms with Gasteiger partial charge in [-0.05, 0) is 31.0 Å². The fraction of sp³-hybridized carbons (Fsp3) is 0.533. The molecule has 2 rings (SSSR count). The Hall–Kier alpha value is -0.910. The van der Waals surface area contributed by atoms with Gasteiger partial charge < -0.3 is 15.0 Å². The molecule has 1 aromatic carbocycles. The minimum atomic E-state index is -0.173. The lowest BCUT2D eigenvalue weighted by Crippen LogP contribution is -2.49. The number of nitrogens with one attached hydrogen (secondary N) is 1. The number of hydrogen-bond acceptors (Lipinski definition) is 3. The molecule has 0 aliphatic carbocycles. The van der Waals surface area contributed by atoms with Gasteiger partial charge in [0.15, 0.2) is 0 Å². The molecule has 1 aliphatic heterocycles. The van der Waals surface area contributed by atoms with Crippen molar-refractivity contribution >= 4 is 21.8 Å². The molecule has 1 saturated heterocycles. The molecular weight excluding hydrogens is 320 g/mol. The largest absolute Gasteiger partial charge is 0.378 e. The maximum atomic E-state index is 12.2.